The lowest BCUT2D eigenvalue weighted by atomic mass is 10.1. The first-order valence-corrected chi connectivity index (χ1v) is 7.92. The quantitative estimate of drug-likeness (QED) is 0.776. The molecule has 128 valence electrons. The van der Waals surface area contributed by atoms with E-state index < -0.39 is 6.04 Å². The Morgan fingerprint density at radius 2 is 1.79 bits per heavy atom. The molecule has 0 saturated heterocycles. The van der Waals surface area contributed by atoms with E-state index in [4.69, 9.17) is 4.74 Å². The first-order valence-electron chi connectivity index (χ1n) is 7.92. The molecule has 0 aliphatic rings. The van der Waals surface area contributed by atoms with Crippen molar-refractivity contribution < 1.29 is 14.6 Å². The van der Waals surface area contributed by atoms with Crippen LogP contribution < -0.4 is 10.1 Å². The molecule has 0 aliphatic heterocycles. The maximum atomic E-state index is 11.7. The van der Waals surface area contributed by atoms with Crippen LogP contribution in [0.25, 0.3) is 0 Å². The Morgan fingerprint density at radius 3 is 2.38 bits per heavy atom. The predicted molar refractivity (Wildman–Crippen MR) is 93.6 cm³/mol. The second kappa shape index (κ2) is 9.05. The Kier molecular flexibility index (Phi) is 6.78. The molecule has 0 heterocycles. The van der Waals surface area contributed by atoms with Gasteiger partial charge < -0.3 is 15.2 Å². The number of carbonyl (C=O) groups excluding carboxylic acids is 1. The first-order chi connectivity index (χ1) is 11.6. The average Bonchev–Trinajstić information content (AvgIpc) is 2.62. The van der Waals surface area contributed by atoms with Gasteiger partial charge in [-0.3, -0.25) is 9.69 Å². The lowest BCUT2D eigenvalue weighted by molar-refractivity contribution is -0.127. The topological polar surface area (TPSA) is 61.8 Å². The number of likely N-dealkylation sites (N-methyl/N-ethyl adjacent to an activating group) is 2. The summed E-state index contributed by atoms with van der Waals surface area (Å²) in [6.07, 6.45) is 0. The summed E-state index contributed by atoms with van der Waals surface area (Å²) in [6.45, 7) is 0.884. The van der Waals surface area contributed by atoms with E-state index >= 15 is 0 Å². The summed E-state index contributed by atoms with van der Waals surface area (Å²) < 4.78 is 5.76. The Labute approximate surface area is 142 Å². The maximum Gasteiger partial charge on any atom is 0.239 e. The van der Waals surface area contributed by atoms with Crippen LogP contribution in [0.15, 0.2) is 54.6 Å². The van der Waals surface area contributed by atoms with Crippen molar-refractivity contribution in [3.05, 3.63) is 65.7 Å². The van der Waals surface area contributed by atoms with Gasteiger partial charge in [-0.25, -0.2) is 0 Å². The second-order valence-electron chi connectivity index (χ2n) is 5.65. The number of rotatable bonds is 8. The summed E-state index contributed by atoms with van der Waals surface area (Å²) in [5, 5.41) is 11.9. The minimum Gasteiger partial charge on any atom is -0.489 e. The van der Waals surface area contributed by atoms with Crippen LogP contribution in [0.1, 0.15) is 11.1 Å². The molecule has 0 saturated carbocycles. The number of hydrogen-bond donors (Lipinski definition) is 2. The highest BCUT2D eigenvalue weighted by atomic mass is 16.5. The van der Waals surface area contributed by atoms with Gasteiger partial charge in [0.25, 0.3) is 0 Å². The maximum absolute atomic E-state index is 11.7. The molecule has 0 bridgehead atoms. The van der Waals surface area contributed by atoms with Crippen molar-refractivity contribution in [2.24, 2.45) is 0 Å². The summed E-state index contributed by atoms with van der Waals surface area (Å²) in [7, 11) is 3.38. The SMILES string of the molecule is CNC(=O)C(CO)N(C)Cc1ccc(OCc2ccccc2)cc1. The Hall–Kier alpha value is -2.37. The Bertz CT molecular complexity index is 629. The van der Waals surface area contributed by atoms with E-state index in [0.29, 0.717) is 13.2 Å². The highest BCUT2D eigenvalue weighted by Gasteiger charge is 2.21. The summed E-state index contributed by atoms with van der Waals surface area (Å²) in [6, 6.07) is 17.2. The lowest BCUT2D eigenvalue weighted by Crippen LogP contribution is -2.46. The zero-order valence-electron chi connectivity index (χ0n) is 14.1. The van der Waals surface area contributed by atoms with Crippen LogP contribution in [-0.4, -0.2) is 42.7 Å². The molecule has 0 spiro atoms. The summed E-state index contributed by atoms with van der Waals surface area (Å²) in [5.74, 6) is 0.609. The Balaban J connectivity index is 1.90. The smallest absolute Gasteiger partial charge is 0.239 e. The van der Waals surface area contributed by atoms with Crippen molar-refractivity contribution in [1.29, 1.82) is 0 Å². The van der Waals surface area contributed by atoms with E-state index in [1.807, 2.05) is 66.5 Å². The zero-order chi connectivity index (χ0) is 17.4. The standard InChI is InChI=1S/C19H24N2O3/c1-20-19(23)18(13-22)21(2)12-15-8-10-17(11-9-15)24-14-16-6-4-3-5-7-16/h3-11,18,22H,12-14H2,1-2H3,(H,20,23). The van der Waals surface area contributed by atoms with Crippen LogP contribution >= 0.6 is 0 Å². The molecule has 5 heteroatoms. The normalized spacial score (nSPS) is 12.0. The van der Waals surface area contributed by atoms with Crippen LogP contribution in [0, 0.1) is 0 Å². The van der Waals surface area contributed by atoms with E-state index in [1.165, 1.54) is 0 Å². The second-order valence-corrected chi connectivity index (χ2v) is 5.65. The van der Waals surface area contributed by atoms with Crippen LogP contribution in [0.2, 0.25) is 0 Å². The van der Waals surface area contributed by atoms with Gasteiger partial charge in [-0.05, 0) is 30.3 Å². The number of benzene rings is 2. The van der Waals surface area contributed by atoms with E-state index in [1.54, 1.807) is 7.05 Å². The van der Waals surface area contributed by atoms with Gasteiger partial charge in [-0.15, -0.1) is 0 Å². The van der Waals surface area contributed by atoms with Crippen molar-refractivity contribution in [3.8, 4) is 5.75 Å². The third-order valence-corrected chi connectivity index (χ3v) is 3.86. The molecule has 0 fully saturated rings. The fraction of sp³-hybridized carbons (Fsp3) is 0.316. The number of aliphatic hydroxyl groups is 1. The van der Waals surface area contributed by atoms with E-state index in [0.717, 1.165) is 16.9 Å². The van der Waals surface area contributed by atoms with Crippen LogP contribution in [0.3, 0.4) is 0 Å². The summed E-state index contributed by atoms with van der Waals surface area (Å²) in [5.41, 5.74) is 2.17. The Morgan fingerprint density at radius 1 is 1.12 bits per heavy atom. The average molecular weight is 328 g/mol. The minimum absolute atomic E-state index is 0.192. The van der Waals surface area contributed by atoms with Gasteiger partial charge in [0.1, 0.15) is 18.4 Å². The third-order valence-electron chi connectivity index (χ3n) is 3.86. The molecule has 2 aromatic rings. The number of amides is 1. The van der Waals surface area contributed by atoms with Crippen LogP contribution in [0.5, 0.6) is 5.75 Å². The molecule has 2 aromatic carbocycles. The number of ether oxygens (including phenoxy) is 1. The molecular weight excluding hydrogens is 304 g/mol. The number of nitrogens with zero attached hydrogens (tertiary/aromatic N) is 1. The molecule has 2 N–H and O–H groups in total. The molecule has 0 aliphatic carbocycles. The third kappa shape index (κ3) is 5.08. The largest absolute Gasteiger partial charge is 0.489 e. The molecule has 1 amide bonds. The van der Waals surface area contributed by atoms with Crippen molar-refractivity contribution >= 4 is 5.91 Å². The van der Waals surface area contributed by atoms with E-state index in [9.17, 15) is 9.90 Å². The molecule has 0 radical (unpaired) electrons. The molecule has 5 nitrogen and oxygen atoms in total. The van der Waals surface area contributed by atoms with Gasteiger partial charge in [-0.2, -0.15) is 0 Å². The number of carbonyl (C=O) groups is 1. The summed E-state index contributed by atoms with van der Waals surface area (Å²) in [4.78, 5) is 13.5. The summed E-state index contributed by atoms with van der Waals surface area (Å²) >= 11 is 0. The fourth-order valence-corrected chi connectivity index (χ4v) is 2.42. The van der Waals surface area contributed by atoms with Gasteiger partial charge in [-0.1, -0.05) is 42.5 Å². The lowest BCUT2D eigenvalue weighted by Gasteiger charge is -2.25. The molecular formula is C19H24N2O3. The van der Waals surface area contributed by atoms with Crippen LogP contribution in [0.4, 0.5) is 0 Å². The monoisotopic (exact) mass is 328 g/mol. The van der Waals surface area contributed by atoms with Gasteiger partial charge in [0.15, 0.2) is 0 Å². The number of aliphatic hydroxyl groups excluding tert-OH is 1. The molecule has 1 atom stereocenters. The first kappa shape index (κ1) is 18.0. The minimum atomic E-state index is -0.552. The number of nitrogens with one attached hydrogen (secondary N) is 1. The highest BCUT2D eigenvalue weighted by molar-refractivity contribution is 5.81. The van der Waals surface area contributed by atoms with Gasteiger partial charge in [0.2, 0.25) is 5.91 Å². The van der Waals surface area contributed by atoms with E-state index in [-0.39, 0.29) is 12.5 Å². The van der Waals surface area contributed by atoms with Gasteiger partial charge >= 0.3 is 0 Å². The highest BCUT2D eigenvalue weighted by Crippen LogP contribution is 2.16. The van der Waals surface area contributed by atoms with Crippen LogP contribution in [-0.2, 0) is 17.9 Å². The number of hydrogen-bond acceptors (Lipinski definition) is 4. The van der Waals surface area contributed by atoms with Gasteiger partial charge in [0.05, 0.1) is 6.61 Å². The molecule has 24 heavy (non-hydrogen) atoms. The van der Waals surface area contributed by atoms with E-state index in [2.05, 4.69) is 5.32 Å². The molecule has 2 rings (SSSR count). The van der Waals surface area contributed by atoms with Crippen molar-refractivity contribution in [3.63, 3.8) is 0 Å². The van der Waals surface area contributed by atoms with Crippen molar-refractivity contribution in [2.75, 3.05) is 20.7 Å². The molecule has 0 aromatic heterocycles. The van der Waals surface area contributed by atoms with Crippen molar-refractivity contribution in [1.82, 2.24) is 10.2 Å². The zero-order valence-corrected chi connectivity index (χ0v) is 14.1. The fourth-order valence-electron chi connectivity index (χ4n) is 2.42. The predicted octanol–water partition coefficient (Wildman–Crippen LogP) is 1.80. The molecule has 1 unspecified atom stereocenters. The van der Waals surface area contributed by atoms with Gasteiger partial charge in [0, 0.05) is 13.6 Å². The van der Waals surface area contributed by atoms with Crippen molar-refractivity contribution in [2.45, 2.75) is 19.2 Å².